The number of hydrogen-bond donors (Lipinski definition) is 2. The number of nitrogens with zero attached hydrogens (tertiary/aromatic N) is 4. The number of piperidine rings is 1. The predicted octanol–water partition coefficient (Wildman–Crippen LogP) is 5.97. The molecule has 1 atom stereocenters. The van der Waals surface area contributed by atoms with E-state index in [0.29, 0.717) is 17.7 Å². The zero-order valence-electron chi connectivity index (χ0n) is 20.2. The summed E-state index contributed by atoms with van der Waals surface area (Å²) in [6, 6.07) is 8.04. The van der Waals surface area contributed by atoms with Crippen LogP contribution in [-0.2, 0) is 5.41 Å². The average molecular weight is 459 g/mol. The molecule has 0 bridgehead atoms. The van der Waals surface area contributed by atoms with Gasteiger partial charge < -0.3 is 10.6 Å². The van der Waals surface area contributed by atoms with Crippen molar-refractivity contribution in [2.75, 3.05) is 18.4 Å². The maximum Gasteiger partial charge on any atom is 0.229 e. The van der Waals surface area contributed by atoms with Gasteiger partial charge >= 0.3 is 0 Å². The minimum Gasteiger partial charge on any atom is -0.317 e. The number of pyridine rings is 1. The molecule has 2 aliphatic heterocycles. The summed E-state index contributed by atoms with van der Waals surface area (Å²) in [4.78, 5) is 18.0. The number of anilines is 2. The number of benzene rings is 1. The van der Waals surface area contributed by atoms with Crippen LogP contribution in [0.4, 0.5) is 21.8 Å². The summed E-state index contributed by atoms with van der Waals surface area (Å²) >= 11 is 0. The Bertz CT molecular complexity index is 1250. The zero-order chi connectivity index (χ0) is 23.9. The van der Waals surface area contributed by atoms with Crippen molar-refractivity contribution in [2.45, 2.75) is 58.3 Å². The molecule has 176 valence electrons. The molecule has 1 unspecified atom stereocenters. The van der Waals surface area contributed by atoms with Crippen LogP contribution >= 0.6 is 0 Å². The Morgan fingerprint density at radius 1 is 1.12 bits per heavy atom. The second-order valence-electron chi connectivity index (χ2n) is 9.59. The Labute approximate surface area is 200 Å². The fourth-order valence-electron chi connectivity index (χ4n) is 5.04. The number of fused-ring (bicyclic) bond motifs is 1. The molecule has 5 rings (SSSR count). The van der Waals surface area contributed by atoms with Gasteiger partial charge in [0.15, 0.2) is 5.82 Å². The quantitative estimate of drug-likeness (QED) is 0.493. The summed E-state index contributed by atoms with van der Waals surface area (Å²) in [5, 5.41) is 6.53. The van der Waals surface area contributed by atoms with Crippen molar-refractivity contribution in [2.24, 2.45) is 4.99 Å². The Hall–Kier alpha value is -3.19. The van der Waals surface area contributed by atoms with E-state index in [1.54, 1.807) is 0 Å². The van der Waals surface area contributed by atoms with Crippen LogP contribution in [0, 0.1) is 12.7 Å². The Morgan fingerprint density at radius 2 is 1.91 bits per heavy atom. The van der Waals surface area contributed by atoms with Crippen LogP contribution in [0.1, 0.15) is 62.6 Å². The average Bonchev–Trinajstić information content (AvgIpc) is 3.12. The third-order valence-corrected chi connectivity index (χ3v) is 7.53. The molecule has 3 aromatic rings. The topological polar surface area (TPSA) is 75.1 Å². The van der Waals surface area contributed by atoms with Gasteiger partial charge in [-0.05, 0) is 87.0 Å². The van der Waals surface area contributed by atoms with Crippen LogP contribution in [-0.4, -0.2) is 33.8 Å². The molecule has 7 heteroatoms. The second kappa shape index (κ2) is 8.87. The van der Waals surface area contributed by atoms with Crippen molar-refractivity contribution < 1.29 is 4.39 Å². The molecule has 0 amide bonds. The first-order valence-corrected chi connectivity index (χ1v) is 12.1. The highest BCUT2D eigenvalue weighted by Crippen LogP contribution is 2.46. The number of hydrogen-bond acceptors (Lipinski definition) is 6. The van der Waals surface area contributed by atoms with E-state index in [1.807, 2.05) is 31.3 Å². The van der Waals surface area contributed by atoms with Gasteiger partial charge in [-0.3, -0.25) is 4.99 Å². The first kappa shape index (κ1) is 22.6. The summed E-state index contributed by atoms with van der Waals surface area (Å²) in [5.41, 5.74) is 6.34. The van der Waals surface area contributed by atoms with Gasteiger partial charge in [0, 0.05) is 22.9 Å². The van der Waals surface area contributed by atoms with Crippen molar-refractivity contribution in [1.82, 2.24) is 20.3 Å². The highest BCUT2D eigenvalue weighted by Gasteiger charge is 2.36. The van der Waals surface area contributed by atoms with Crippen LogP contribution in [0.2, 0.25) is 0 Å². The second-order valence-corrected chi connectivity index (χ2v) is 9.59. The lowest BCUT2D eigenvalue weighted by atomic mass is 9.76. The van der Waals surface area contributed by atoms with E-state index in [0.717, 1.165) is 60.4 Å². The van der Waals surface area contributed by atoms with E-state index in [4.69, 9.17) is 4.99 Å². The Morgan fingerprint density at radius 3 is 2.62 bits per heavy atom. The van der Waals surface area contributed by atoms with E-state index in [-0.39, 0.29) is 11.1 Å². The lowest BCUT2D eigenvalue weighted by Crippen LogP contribution is -2.26. The minimum absolute atomic E-state index is 0.152. The molecular weight excluding hydrogens is 427 g/mol. The van der Waals surface area contributed by atoms with E-state index in [1.165, 1.54) is 11.8 Å². The number of rotatable bonds is 5. The van der Waals surface area contributed by atoms with Crippen LogP contribution in [0.3, 0.4) is 0 Å². The highest BCUT2D eigenvalue weighted by molar-refractivity contribution is 6.01. The molecule has 2 N–H and O–H groups in total. The van der Waals surface area contributed by atoms with Gasteiger partial charge in [-0.1, -0.05) is 19.9 Å². The van der Waals surface area contributed by atoms with Crippen LogP contribution in [0.25, 0.3) is 11.3 Å². The summed E-state index contributed by atoms with van der Waals surface area (Å²) in [7, 11) is 0. The smallest absolute Gasteiger partial charge is 0.229 e. The maximum atomic E-state index is 14.9. The third-order valence-electron chi connectivity index (χ3n) is 7.53. The SMILES string of the molecule is CCC1(C)C(C)=Nc2c(C)cc(-c3nc(Nc4ccc(C5CCNCC5)cn4)ncc3F)cc21. The first-order chi connectivity index (χ1) is 16.4. The molecule has 0 radical (unpaired) electrons. The molecule has 2 aromatic heterocycles. The summed E-state index contributed by atoms with van der Waals surface area (Å²) in [6.07, 6.45) is 6.32. The largest absolute Gasteiger partial charge is 0.317 e. The van der Waals surface area contributed by atoms with Crippen molar-refractivity contribution in [3.63, 3.8) is 0 Å². The van der Waals surface area contributed by atoms with Gasteiger partial charge in [-0.15, -0.1) is 0 Å². The number of aromatic nitrogens is 3. The fraction of sp³-hybridized carbons (Fsp3) is 0.407. The van der Waals surface area contributed by atoms with Crippen LogP contribution in [0.15, 0.2) is 41.7 Å². The van der Waals surface area contributed by atoms with E-state index < -0.39 is 5.82 Å². The summed E-state index contributed by atoms with van der Waals surface area (Å²) in [6.45, 7) is 10.5. The van der Waals surface area contributed by atoms with Gasteiger partial charge in [-0.2, -0.15) is 0 Å². The van der Waals surface area contributed by atoms with Gasteiger partial charge in [0.05, 0.1) is 11.9 Å². The maximum absolute atomic E-state index is 14.9. The Balaban J connectivity index is 1.43. The minimum atomic E-state index is -0.451. The lowest BCUT2D eigenvalue weighted by Gasteiger charge is -2.25. The first-order valence-electron chi connectivity index (χ1n) is 12.1. The van der Waals surface area contributed by atoms with Crippen molar-refractivity contribution in [1.29, 1.82) is 0 Å². The van der Waals surface area contributed by atoms with Crippen molar-refractivity contribution in [3.8, 4) is 11.3 Å². The number of aliphatic imine (C=N–C) groups is 1. The summed E-state index contributed by atoms with van der Waals surface area (Å²) in [5.74, 6) is 1.05. The van der Waals surface area contributed by atoms with Gasteiger partial charge in [0.1, 0.15) is 11.5 Å². The molecule has 6 nitrogen and oxygen atoms in total. The van der Waals surface area contributed by atoms with Crippen molar-refractivity contribution in [3.05, 3.63) is 59.2 Å². The van der Waals surface area contributed by atoms with Crippen LogP contribution < -0.4 is 10.6 Å². The third kappa shape index (κ3) is 3.98. The number of halogens is 1. The van der Waals surface area contributed by atoms with E-state index in [9.17, 15) is 4.39 Å². The highest BCUT2D eigenvalue weighted by atomic mass is 19.1. The number of aryl methyl sites for hydroxylation is 1. The van der Waals surface area contributed by atoms with Crippen LogP contribution in [0.5, 0.6) is 0 Å². The van der Waals surface area contributed by atoms with E-state index in [2.05, 4.69) is 52.4 Å². The standard InChI is InChI=1S/C27H31FN6/c1-5-27(4)17(3)32-24-16(2)12-20(13-21(24)27)25-22(28)15-31-26(34-25)33-23-7-6-19(14-30-23)18-8-10-29-11-9-18/h6-7,12-15,18,29H,5,8-11H2,1-4H3,(H,30,31,33,34). The monoisotopic (exact) mass is 458 g/mol. The van der Waals surface area contributed by atoms with Gasteiger partial charge in [-0.25, -0.2) is 19.3 Å². The molecule has 1 aromatic carbocycles. The fourth-order valence-corrected chi connectivity index (χ4v) is 5.04. The molecule has 1 saturated heterocycles. The zero-order valence-corrected chi connectivity index (χ0v) is 20.2. The molecule has 0 spiro atoms. The van der Waals surface area contributed by atoms with Gasteiger partial charge in [0.2, 0.25) is 5.95 Å². The molecule has 4 heterocycles. The number of nitrogens with one attached hydrogen (secondary N) is 2. The normalized spacial score (nSPS) is 20.2. The van der Waals surface area contributed by atoms with Gasteiger partial charge in [0.25, 0.3) is 0 Å². The van der Waals surface area contributed by atoms with Crippen molar-refractivity contribution >= 4 is 23.2 Å². The molecule has 0 saturated carbocycles. The molecule has 2 aliphatic rings. The molecule has 34 heavy (non-hydrogen) atoms. The predicted molar refractivity (Wildman–Crippen MR) is 135 cm³/mol. The summed E-state index contributed by atoms with van der Waals surface area (Å²) < 4.78 is 14.9. The Kier molecular flexibility index (Phi) is 5.90. The molecular formula is C27H31FN6. The molecule has 1 fully saturated rings. The molecule has 0 aliphatic carbocycles. The lowest BCUT2D eigenvalue weighted by molar-refractivity contribution is 0.459. The van der Waals surface area contributed by atoms with E-state index >= 15 is 0 Å².